The fourth-order valence-electron chi connectivity index (χ4n) is 3.22. The predicted molar refractivity (Wildman–Crippen MR) is 97.9 cm³/mol. The lowest BCUT2D eigenvalue weighted by Gasteiger charge is -2.18. The molecule has 1 saturated heterocycles. The van der Waals surface area contributed by atoms with Crippen LogP contribution in [0.4, 0.5) is 0 Å². The first-order chi connectivity index (χ1) is 12.6. The molecule has 2 aromatic rings. The standard InChI is InChI=1S/C21H24O5/c1-14-8-20(26-19-6-7-24-13-19)10-18(12-25-15(2)23)21(14)17-5-3-4-16(9-17)11-22/h3-5,8-10,19,22H,6-7,11-13H2,1-2H3. The Bertz CT molecular complexity index is 778. The molecule has 0 amide bonds. The summed E-state index contributed by atoms with van der Waals surface area (Å²) in [7, 11) is 0. The van der Waals surface area contributed by atoms with Gasteiger partial charge in [-0.1, -0.05) is 18.2 Å². The first-order valence-electron chi connectivity index (χ1n) is 8.78. The summed E-state index contributed by atoms with van der Waals surface area (Å²) in [6.45, 7) is 4.88. The SMILES string of the molecule is CC(=O)OCc1cc(OC2CCOC2)cc(C)c1-c1cccc(CO)c1. The highest BCUT2D eigenvalue weighted by Gasteiger charge is 2.19. The second-order valence-electron chi connectivity index (χ2n) is 6.52. The molecular formula is C21H24O5. The van der Waals surface area contributed by atoms with Gasteiger partial charge in [0.1, 0.15) is 18.5 Å². The normalized spacial score (nSPS) is 16.5. The van der Waals surface area contributed by atoms with Crippen molar-refractivity contribution >= 4 is 5.97 Å². The molecule has 0 bridgehead atoms. The summed E-state index contributed by atoms with van der Waals surface area (Å²) in [5, 5.41) is 9.43. The summed E-state index contributed by atoms with van der Waals surface area (Å²) >= 11 is 0. The molecule has 5 nitrogen and oxygen atoms in total. The third kappa shape index (κ3) is 4.42. The van der Waals surface area contributed by atoms with E-state index < -0.39 is 0 Å². The lowest BCUT2D eigenvalue weighted by atomic mass is 9.94. The number of esters is 1. The van der Waals surface area contributed by atoms with Crippen molar-refractivity contribution in [1.29, 1.82) is 0 Å². The number of aryl methyl sites for hydroxylation is 1. The van der Waals surface area contributed by atoms with Gasteiger partial charge in [-0.15, -0.1) is 0 Å². The minimum atomic E-state index is -0.326. The van der Waals surface area contributed by atoms with E-state index >= 15 is 0 Å². The second kappa shape index (κ2) is 8.34. The summed E-state index contributed by atoms with van der Waals surface area (Å²) in [4.78, 5) is 11.3. The van der Waals surface area contributed by atoms with Crippen LogP contribution < -0.4 is 4.74 Å². The summed E-state index contributed by atoms with van der Waals surface area (Å²) in [6.07, 6.45) is 0.929. The molecular weight excluding hydrogens is 332 g/mol. The van der Waals surface area contributed by atoms with Gasteiger partial charge in [-0.2, -0.15) is 0 Å². The summed E-state index contributed by atoms with van der Waals surface area (Å²) < 4.78 is 16.7. The Morgan fingerprint density at radius 2 is 2.15 bits per heavy atom. The number of rotatable bonds is 6. The molecule has 3 rings (SSSR count). The first-order valence-corrected chi connectivity index (χ1v) is 8.78. The highest BCUT2D eigenvalue weighted by Crippen LogP contribution is 2.33. The van der Waals surface area contributed by atoms with Gasteiger partial charge in [0.15, 0.2) is 0 Å². The van der Waals surface area contributed by atoms with Gasteiger partial charge in [0.05, 0.1) is 19.8 Å². The second-order valence-corrected chi connectivity index (χ2v) is 6.52. The zero-order chi connectivity index (χ0) is 18.5. The van der Waals surface area contributed by atoms with Crippen LogP contribution in [0.25, 0.3) is 11.1 Å². The van der Waals surface area contributed by atoms with Gasteiger partial charge in [-0.25, -0.2) is 0 Å². The van der Waals surface area contributed by atoms with Crippen LogP contribution in [-0.2, 0) is 27.5 Å². The van der Waals surface area contributed by atoms with Crippen molar-refractivity contribution in [1.82, 2.24) is 0 Å². The zero-order valence-corrected chi connectivity index (χ0v) is 15.2. The number of aliphatic hydroxyl groups excluding tert-OH is 1. The lowest BCUT2D eigenvalue weighted by molar-refractivity contribution is -0.142. The molecule has 1 heterocycles. The van der Waals surface area contributed by atoms with Crippen LogP contribution >= 0.6 is 0 Å². The fraction of sp³-hybridized carbons (Fsp3) is 0.381. The maximum atomic E-state index is 11.3. The molecule has 138 valence electrons. The van der Waals surface area contributed by atoms with E-state index in [9.17, 15) is 9.90 Å². The van der Waals surface area contributed by atoms with Crippen LogP contribution in [0, 0.1) is 6.92 Å². The van der Waals surface area contributed by atoms with Crippen LogP contribution in [-0.4, -0.2) is 30.4 Å². The van der Waals surface area contributed by atoms with Gasteiger partial charge in [-0.05, 0) is 47.4 Å². The molecule has 1 fully saturated rings. The largest absolute Gasteiger partial charge is 0.488 e. The van der Waals surface area contributed by atoms with E-state index in [-0.39, 0.29) is 25.3 Å². The topological polar surface area (TPSA) is 65.0 Å². The third-order valence-electron chi connectivity index (χ3n) is 4.41. The fourth-order valence-corrected chi connectivity index (χ4v) is 3.22. The average molecular weight is 356 g/mol. The highest BCUT2D eigenvalue weighted by molar-refractivity contribution is 5.73. The van der Waals surface area contributed by atoms with E-state index in [1.165, 1.54) is 6.92 Å². The van der Waals surface area contributed by atoms with Crippen molar-refractivity contribution in [3.8, 4) is 16.9 Å². The molecule has 0 spiro atoms. The molecule has 0 aliphatic carbocycles. The van der Waals surface area contributed by atoms with E-state index in [0.29, 0.717) is 6.61 Å². The summed E-state index contributed by atoms with van der Waals surface area (Å²) in [5.41, 5.74) is 4.72. The molecule has 5 heteroatoms. The molecule has 1 aliphatic rings. The Labute approximate surface area is 153 Å². The van der Waals surface area contributed by atoms with Crippen LogP contribution in [0.15, 0.2) is 36.4 Å². The maximum absolute atomic E-state index is 11.3. The van der Waals surface area contributed by atoms with Crippen LogP contribution in [0.3, 0.4) is 0 Å². The van der Waals surface area contributed by atoms with E-state index in [0.717, 1.165) is 46.6 Å². The van der Waals surface area contributed by atoms with Gasteiger partial charge >= 0.3 is 5.97 Å². The van der Waals surface area contributed by atoms with Crippen LogP contribution in [0.1, 0.15) is 30.0 Å². The predicted octanol–water partition coefficient (Wildman–Crippen LogP) is 3.39. The Hall–Kier alpha value is -2.37. The minimum absolute atomic E-state index is 0.0188. The molecule has 1 unspecified atom stereocenters. The molecule has 0 aromatic heterocycles. The van der Waals surface area contributed by atoms with Crippen molar-refractivity contribution in [3.05, 3.63) is 53.1 Å². The van der Waals surface area contributed by atoms with Gasteiger partial charge in [0, 0.05) is 18.9 Å². The van der Waals surface area contributed by atoms with Crippen molar-refractivity contribution in [2.45, 2.75) is 39.6 Å². The number of benzene rings is 2. The first kappa shape index (κ1) is 18.4. The van der Waals surface area contributed by atoms with E-state index in [2.05, 4.69) is 0 Å². The van der Waals surface area contributed by atoms with Crippen molar-refractivity contribution in [3.63, 3.8) is 0 Å². The Kier molecular flexibility index (Phi) is 5.91. The molecule has 0 saturated carbocycles. The number of carbonyl (C=O) groups is 1. The summed E-state index contributed by atoms with van der Waals surface area (Å²) in [5.74, 6) is 0.426. The quantitative estimate of drug-likeness (QED) is 0.804. The smallest absolute Gasteiger partial charge is 0.302 e. The van der Waals surface area contributed by atoms with Gasteiger partial charge in [0.2, 0.25) is 0 Å². The van der Waals surface area contributed by atoms with Gasteiger partial charge in [0.25, 0.3) is 0 Å². The van der Waals surface area contributed by atoms with E-state index in [1.807, 2.05) is 43.3 Å². The molecule has 1 N–H and O–H groups in total. The molecule has 0 radical (unpaired) electrons. The number of hydrogen-bond donors (Lipinski definition) is 1. The van der Waals surface area contributed by atoms with Crippen LogP contribution in [0.2, 0.25) is 0 Å². The highest BCUT2D eigenvalue weighted by atomic mass is 16.5. The van der Waals surface area contributed by atoms with Crippen molar-refractivity contribution < 1.29 is 24.1 Å². The average Bonchev–Trinajstić information content (AvgIpc) is 3.12. The number of ether oxygens (including phenoxy) is 3. The zero-order valence-electron chi connectivity index (χ0n) is 15.2. The molecule has 26 heavy (non-hydrogen) atoms. The van der Waals surface area contributed by atoms with Crippen molar-refractivity contribution in [2.24, 2.45) is 0 Å². The number of carbonyl (C=O) groups excluding carboxylic acids is 1. The minimum Gasteiger partial charge on any atom is -0.488 e. The monoisotopic (exact) mass is 356 g/mol. The van der Waals surface area contributed by atoms with Gasteiger partial charge in [-0.3, -0.25) is 4.79 Å². The maximum Gasteiger partial charge on any atom is 0.302 e. The van der Waals surface area contributed by atoms with Gasteiger partial charge < -0.3 is 19.3 Å². The van der Waals surface area contributed by atoms with Crippen molar-refractivity contribution in [2.75, 3.05) is 13.2 Å². The van der Waals surface area contributed by atoms with E-state index in [4.69, 9.17) is 14.2 Å². The molecule has 1 atom stereocenters. The lowest BCUT2D eigenvalue weighted by Crippen LogP contribution is -2.16. The molecule has 1 aliphatic heterocycles. The Morgan fingerprint density at radius 3 is 2.85 bits per heavy atom. The third-order valence-corrected chi connectivity index (χ3v) is 4.41. The Balaban J connectivity index is 1.98. The van der Waals surface area contributed by atoms with E-state index in [1.54, 1.807) is 0 Å². The summed E-state index contributed by atoms with van der Waals surface area (Å²) in [6, 6.07) is 11.7. The molecule has 2 aromatic carbocycles. The number of hydrogen-bond acceptors (Lipinski definition) is 5. The van der Waals surface area contributed by atoms with Crippen LogP contribution in [0.5, 0.6) is 5.75 Å². The number of aliphatic hydroxyl groups is 1. The Morgan fingerprint density at radius 1 is 1.31 bits per heavy atom.